The number of Topliss-reactive ketones (excluding diaryl/α,β-unsaturated/α-hetero) is 1. The second-order valence-corrected chi connectivity index (χ2v) is 9.84. The van der Waals surface area contributed by atoms with Gasteiger partial charge < -0.3 is 15.3 Å². The largest absolute Gasteiger partial charge is 0.390 e. The average molecular weight is 410 g/mol. The molecular weight excluding hydrogens is 382 g/mol. The summed E-state index contributed by atoms with van der Waals surface area (Å²) in [6, 6.07) is 0. The van der Waals surface area contributed by atoms with Gasteiger partial charge in [0.25, 0.3) is 0 Å². The monoisotopic (exact) mass is 410 g/mol. The van der Waals surface area contributed by atoms with Gasteiger partial charge in [0.1, 0.15) is 18.4 Å². The minimum Gasteiger partial charge on any atom is -0.390 e. The summed E-state index contributed by atoms with van der Waals surface area (Å²) in [4.78, 5) is 24.3. The summed E-state index contributed by atoms with van der Waals surface area (Å²) < 4.78 is 32.1. The van der Waals surface area contributed by atoms with E-state index in [2.05, 4.69) is 0 Å². The Morgan fingerprint density at radius 3 is 2.55 bits per heavy atom. The fraction of sp³-hybridized carbons (Fsp3) is 0.727. The van der Waals surface area contributed by atoms with Gasteiger partial charge in [-0.15, -0.1) is 0 Å². The van der Waals surface area contributed by atoms with E-state index in [1.165, 1.54) is 19.1 Å². The standard InChI is InChI=1S/C22H28F2O5/c1-11-6-13-14-8-16(23)15-7-12(26)4-5-19(15,2)21(14,24)17(27)9-20(13,3)22(11,29)18(28)10-25/h4-5,7,11,13-14,16-17,25,27,29H,6,8-10H2,1-3H3/t11-,13+,14+,16-,17+,19+,20+,21?,22+/m1/s1. The molecule has 7 heteroatoms. The van der Waals surface area contributed by atoms with Crippen molar-refractivity contribution in [3.05, 3.63) is 23.8 Å². The van der Waals surface area contributed by atoms with Crippen molar-refractivity contribution in [1.82, 2.24) is 0 Å². The van der Waals surface area contributed by atoms with E-state index >= 15 is 8.78 Å². The molecule has 1 unspecified atom stereocenters. The highest BCUT2D eigenvalue weighted by atomic mass is 19.1. The lowest BCUT2D eigenvalue weighted by Gasteiger charge is -2.63. The molecule has 29 heavy (non-hydrogen) atoms. The van der Waals surface area contributed by atoms with Crippen LogP contribution in [-0.2, 0) is 9.59 Å². The predicted molar refractivity (Wildman–Crippen MR) is 100 cm³/mol. The zero-order valence-corrected chi connectivity index (χ0v) is 16.9. The highest BCUT2D eigenvalue weighted by molar-refractivity contribution is 6.01. The number of alkyl halides is 2. The van der Waals surface area contributed by atoms with Gasteiger partial charge in [-0.1, -0.05) is 19.9 Å². The smallest absolute Gasteiger partial charge is 0.190 e. The Hall–Kier alpha value is -1.44. The number of carbonyl (C=O) groups is 2. The SMILES string of the molecule is C[C@@H]1C[C@H]2[C@@H]3C[C@@H](F)C4=CC(=O)C=C[C@]4(C)C3(F)[C@@H](O)C[C@]2(C)[C@@]1(O)C(=O)CO. The molecular formula is C22H28F2O5. The maximum Gasteiger partial charge on any atom is 0.190 e. The van der Waals surface area contributed by atoms with Crippen LogP contribution in [0.4, 0.5) is 8.78 Å². The minimum absolute atomic E-state index is 0.0409. The maximum absolute atomic E-state index is 16.9. The Bertz CT molecular complexity index is 839. The Morgan fingerprint density at radius 1 is 1.28 bits per heavy atom. The maximum atomic E-state index is 16.9. The number of hydrogen-bond acceptors (Lipinski definition) is 5. The molecule has 3 N–H and O–H groups in total. The van der Waals surface area contributed by atoms with E-state index in [9.17, 15) is 24.9 Å². The van der Waals surface area contributed by atoms with Crippen molar-refractivity contribution in [2.45, 2.75) is 63.6 Å². The number of aliphatic hydroxyl groups is 3. The Labute approximate surface area is 168 Å². The van der Waals surface area contributed by atoms with Gasteiger partial charge >= 0.3 is 0 Å². The minimum atomic E-state index is -2.24. The molecule has 0 amide bonds. The molecule has 0 saturated heterocycles. The number of carbonyl (C=O) groups excluding carboxylic acids is 2. The summed E-state index contributed by atoms with van der Waals surface area (Å²) in [5, 5.41) is 31.9. The molecule has 4 aliphatic carbocycles. The molecule has 160 valence electrons. The predicted octanol–water partition coefficient (Wildman–Crippen LogP) is 1.84. The molecule has 3 saturated carbocycles. The Kier molecular flexibility index (Phi) is 4.34. The van der Waals surface area contributed by atoms with E-state index in [0.29, 0.717) is 0 Å². The van der Waals surface area contributed by atoms with Crippen molar-refractivity contribution in [3.63, 3.8) is 0 Å². The van der Waals surface area contributed by atoms with Crippen molar-refractivity contribution < 1.29 is 33.7 Å². The van der Waals surface area contributed by atoms with Crippen LogP contribution in [0.25, 0.3) is 0 Å². The van der Waals surface area contributed by atoms with Crippen LogP contribution in [0, 0.1) is 28.6 Å². The van der Waals surface area contributed by atoms with E-state index in [1.54, 1.807) is 13.8 Å². The quantitative estimate of drug-likeness (QED) is 0.646. The van der Waals surface area contributed by atoms with E-state index in [1.807, 2.05) is 0 Å². The molecule has 5 nitrogen and oxygen atoms in total. The fourth-order valence-electron chi connectivity index (χ4n) is 7.25. The highest BCUT2D eigenvalue weighted by Crippen LogP contribution is 2.70. The summed E-state index contributed by atoms with van der Waals surface area (Å²) in [6.45, 7) is 3.96. The molecule has 0 radical (unpaired) electrons. The van der Waals surface area contributed by atoms with E-state index in [0.717, 1.165) is 6.08 Å². The first kappa shape index (κ1) is 20.8. The van der Waals surface area contributed by atoms with Crippen molar-refractivity contribution in [2.24, 2.45) is 28.6 Å². The number of aliphatic hydroxyl groups excluding tert-OH is 2. The summed E-state index contributed by atoms with van der Waals surface area (Å²) in [6.07, 6.45) is 0.427. The molecule has 0 spiro atoms. The fourth-order valence-corrected chi connectivity index (χ4v) is 7.25. The van der Waals surface area contributed by atoms with E-state index < -0.39 is 70.3 Å². The van der Waals surface area contributed by atoms with E-state index in [4.69, 9.17) is 0 Å². The van der Waals surface area contributed by atoms with Crippen LogP contribution >= 0.6 is 0 Å². The van der Waals surface area contributed by atoms with Crippen LogP contribution in [-0.4, -0.2) is 57.0 Å². The first-order chi connectivity index (χ1) is 13.4. The third kappa shape index (κ3) is 2.19. The van der Waals surface area contributed by atoms with Crippen LogP contribution in [0.5, 0.6) is 0 Å². The highest BCUT2D eigenvalue weighted by Gasteiger charge is 2.76. The van der Waals surface area contributed by atoms with Crippen LogP contribution in [0.1, 0.15) is 40.0 Å². The summed E-state index contributed by atoms with van der Waals surface area (Å²) >= 11 is 0. The molecule has 0 aliphatic heterocycles. The second kappa shape index (κ2) is 6.05. The first-order valence-corrected chi connectivity index (χ1v) is 10.2. The third-order valence-corrected chi connectivity index (χ3v) is 8.78. The van der Waals surface area contributed by atoms with Crippen LogP contribution in [0.3, 0.4) is 0 Å². The summed E-state index contributed by atoms with van der Waals surface area (Å²) in [5.41, 5.74) is -6.81. The zero-order valence-electron chi connectivity index (χ0n) is 16.9. The lowest BCUT2D eigenvalue weighted by Crippen LogP contribution is -2.70. The molecule has 3 fully saturated rings. The molecule has 0 heterocycles. The number of fused-ring (bicyclic) bond motifs is 5. The molecule has 0 aromatic heterocycles. The average Bonchev–Trinajstić information content (AvgIpc) is 2.86. The lowest BCUT2D eigenvalue weighted by atomic mass is 9.44. The number of ketones is 2. The number of rotatable bonds is 2. The Balaban J connectivity index is 1.87. The second-order valence-electron chi connectivity index (χ2n) is 9.84. The normalized spacial score (nSPS) is 53.7. The first-order valence-electron chi connectivity index (χ1n) is 10.2. The lowest BCUT2D eigenvalue weighted by molar-refractivity contribution is -0.223. The molecule has 9 atom stereocenters. The molecule has 4 aliphatic rings. The van der Waals surface area contributed by atoms with Gasteiger partial charge in [0.15, 0.2) is 17.2 Å². The molecule has 0 aromatic carbocycles. The van der Waals surface area contributed by atoms with Gasteiger partial charge in [-0.3, -0.25) is 9.59 Å². The summed E-state index contributed by atoms with van der Waals surface area (Å²) in [7, 11) is 0. The van der Waals surface area contributed by atoms with Gasteiger partial charge in [0, 0.05) is 16.7 Å². The van der Waals surface area contributed by atoms with Crippen molar-refractivity contribution in [3.8, 4) is 0 Å². The topological polar surface area (TPSA) is 94.8 Å². The number of allylic oxidation sites excluding steroid dienone is 4. The van der Waals surface area contributed by atoms with Gasteiger partial charge in [0.05, 0.1) is 6.10 Å². The number of halogens is 2. The Morgan fingerprint density at radius 2 is 1.93 bits per heavy atom. The zero-order chi connectivity index (χ0) is 21.6. The van der Waals surface area contributed by atoms with Crippen molar-refractivity contribution in [1.29, 1.82) is 0 Å². The van der Waals surface area contributed by atoms with E-state index in [-0.39, 0.29) is 24.8 Å². The van der Waals surface area contributed by atoms with Crippen molar-refractivity contribution in [2.75, 3.05) is 6.61 Å². The van der Waals surface area contributed by atoms with Gasteiger partial charge in [-0.05, 0) is 55.7 Å². The van der Waals surface area contributed by atoms with Crippen molar-refractivity contribution >= 4 is 11.6 Å². The third-order valence-electron chi connectivity index (χ3n) is 8.78. The molecule has 0 bridgehead atoms. The number of hydrogen-bond donors (Lipinski definition) is 3. The van der Waals surface area contributed by atoms with Gasteiger partial charge in [0.2, 0.25) is 0 Å². The van der Waals surface area contributed by atoms with Gasteiger partial charge in [-0.2, -0.15) is 0 Å². The molecule has 4 rings (SSSR count). The molecule has 0 aromatic rings. The van der Waals surface area contributed by atoms with Crippen LogP contribution in [0.2, 0.25) is 0 Å². The van der Waals surface area contributed by atoms with Gasteiger partial charge in [-0.25, -0.2) is 8.78 Å². The van der Waals surface area contributed by atoms with Crippen LogP contribution in [0.15, 0.2) is 23.8 Å². The summed E-state index contributed by atoms with van der Waals surface area (Å²) in [5.74, 6) is -3.24. The van der Waals surface area contributed by atoms with Crippen LogP contribution < -0.4 is 0 Å².